The minimum Gasteiger partial charge on any atom is -0.481 e. The molecule has 0 aliphatic carbocycles. The van der Waals surface area contributed by atoms with E-state index in [2.05, 4.69) is 15.2 Å². The summed E-state index contributed by atoms with van der Waals surface area (Å²) in [7, 11) is 0. The Labute approximate surface area is 68.8 Å². The lowest BCUT2D eigenvalue weighted by Crippen LogP contribution is -2.13. The Hall–Kier alpha value is -1.59. The molecule has 1 atom stereocenters. The highest BCUT2D eigenvalue weighted by Crippen LogP contribution is 2.04. The summed E-state index contributed by atoms with van der Waals surface area (Å²) < 4.78 is 0. The molecule has 1 aromatic rings. The average molecular weight is 170 g/mol. The third-order valence-corrected chi connectivity index (χ3v) is 1.47. The van der Waals surface area contributed by atoms with Crippen LogP contribution >= 0.6 is 0 Å². The average Bonchev–Trinajstić information content (AvgIpc) is 2.35. The SMILES string of the molecule is CC(Cc1nc(N)n[nH]1)C(=O)O. The Kier molecular flexibility index (Phi) is 2.27. The lowest BCUT2D eigenvalue weighted by molar-refractivity contribution is -0.141. The number of anilines is 1. The first-order valence-corrected chi connectivity index (χ1v) is 3.49. The molecule has 6 nitrogen and oxygen atoms in total. The molecule has 0 spiro atoms. The highest BCUT2D eigenvalue weighted by molar-refractivity contribution is 5.69. The zero-order valence-electron chi connectivity index (χ0n) is 6.61. The van der Waals surface area contributed by atoms with Crippen molar-refractivity contribution in [3.05, 3.63) is 5.82 Å². The lowest BCUT2D eigenvalue weighted by atomic mass is 10.1. The minimum absolute atomic E-state index is 0.141. The number of nitrogens with one attached hydrogen (secondary N) is 1. The fourth-order valence-electron chi connectivity index (χ4n) is 0.779. The summed E-state index contributed by atoms with van der Waals surface area (Å²) in [6, 6.07) is 0. The van der Waals surface area contributed by atoms with Gasteiger partial charge in [-0.25, -0.2) is 0 Å². The van der Waals surface area contributed by atoms with E-state index < -0.39 is 11.9 Å². The molecule has 4 N–H and O–H groups in total. The van der Waals surface area contributed by atoms with Crippen molar-refractivity contribution in [1.29, 1.82) is 0 Å². The molecule has 12 heavy (non-hydrogen) atoms. The molecule has 1 heterocycles. The predicted octanol–water partition coefficient (Wildman–Crippen LogP) is -0.350. The number of carboxylic acids is 1. The maximum atomic E-state index is 10.4. The number of nitrogens with two attached hydrogens (primary N) is 1. The molecule has 66 valence electrons. The number of H-pyrrole nitrogens is 1. The number of aliphatic carboxylic acids is 1. The molecule has 0 fully saturated rings. The van der Waals surface area contributed by atoms with Crippen LogP contribution in [0.15, 0.2) is 0 Å². The number of rotatable bonds is 3. The number of nitrogens with zero attached hydrogens (tertiary/aromatic N) is 2. The van der Waals surface area contributed by atoms with Crippen molar-refractivity contribution in [3.8, 4) is 0 Å². The van der Waals surface area contributed by atoms with Gasteiger partial charge in [0.05, 0.1) is 5.92 Å². The van der Waals surface area contributed by atoms with Crippen LogP contribution in [-0.2, 0) is 11.2 Å². The molecule has 0 saturated heterocycles. The second kappa shape index (κ2) is 3.21. The van der Waals surface area contributed by atoms with Gasteiger partial charge < -0.3 is 10.8 Å². The van der Waals surface area contributed by atoms with E-state index in [0.717, 1.165) is 0 Å². The zero-order chi connectivity index (χ0) is 9.14. The van der Waals surface area contributed by atoms with Gasteiger partial charge in [0.1, 0.15) is 5.82 Å². The summed E-state index contributed by atoms with van der Waals surface area (Å²) in [6.07, 6.45) is 0.319. The molecule has 1 aromatic heterocycles. The van der Waals surface area contributed by atoms with Crippen LogP contribution in [0.25, 0.3) is 0 Å². The fourth-order valence-corrected chi connectivity index (χ4v) is 0.779. The van der Waals surface area contributed by atoms with Gasteiger partial charge in [-0.15, -0.1) is 5.10 Å². The summed E-state index contributed by atoms with van der Waals surface area (Å²) in [4.78, 5) is 14.2. The first-order chi connectivity index (χ1) is 5.59. The second-order valence-electron chi connectivity index (χ2n) is 2.58. The van der Waals surface area contributed by atoms with Gasteiger partial charge in [0.25, 0.3) is 0 Å². The van der Waals surface area contributed by atoms with Crippen LogP contribution in [0.4, 0.5) is 5.95 Å². The van der Waals surface area contributed by atoms with Gasteiger partial charge in [-0.05, 0) is 0 Å². The van der Waals surface area contributed by atoms with Crippen LogP contribution < -0.4 is 5.73 Å². The van der Waals surface area contributed by atoms with Crippen molar-refractivity contribution in [1.82, 2.24) is 15.2 Å². The topological polar surface area (TPSA) is 105 Å². The second-order valence-corrected chi connectivity index (χ2v) is 2.58. The Bertz CT molecular complexity index is 283. The van der Waals surface area contributed by atoms with E-state index in [1.54, 1.807) is 6.92 Å². The van der Waals surface area contributed by atoms with Crippen LogP contribution in [0.5, 0.6) is 0 Å². The molecule has 0 radical (unpaired) electrons. The van der Waals surface area contributed by atoms with Crippen LogP contribution in [0.3, 0.4) is 0 Å². The molecule has 6 heteroatoms. The summed E-state index contributed by atoms with van der Waals surface area (Å²) in [6.45, 7) is 1.60. The number of carbonyl (C=O) groups is 1. The monoisotopic (exact) mass is 170 g/mol. The van der Waals surface area contributed by atoms with Crippen LogP contribution in [0.2, 0.25) is 0 Å². The summed E-state index contributed by atoms with van der Waals surface area (Å²) in [5.41, 5.74) is 5.23. The van der Waals surface area contributed by atoms with Crippen molar-refractivity contribution in [2.75, 3.05) is 5.73 Å². The third kappa shape index (κ3) is 1.94. The summed E-state index contributed by atoms with van der Waals surface area (Å²) >= 11 is 0. The highest BCUT2D eigenvalue weighted by Gasteiger charge is 2.13. The maximum absolute atomic E-state index is 10.4. The number of aromatic amines is 1. The number of aromatic nitrogens is 3. The number of hydrogen-bond donors (Lipinski definition) is 3. The molecular formula is C6H10N4O2. The van der Waals surface area contributed by atoms with E-state index in [4.69, 9.17) is 10.8 Å². The number of nitrogen functional groups attached to an aromatic ring is 1. The molecule has 0 aliphatic heterocycles. The summed E-state index contributed by atoms with van der Waals surface area (Å²) in [5, 5.41) is 14.7. The van der Waals surface area contributed by atoms with E-state index in [0.29, 0.717) is 12.2 Å². The van der Waals surface area contributed by atoms with Crippen LogP contribution in [0, 0.1) is 5.92 Å². The first kappa shape index (κ1) is 8.51. The number of carboxylic acid groups (broad SMARTS) is 1. The maximum Gasteiger partial charge on any atom is 0.306 e. The molecular weight excluding hydrogens is 160 g/mol. The third-order valence-electron chi connectivity index (χ3n) is 1.47. The Balaban J connectivity index is 2.58. The van der Waals surface area contributed by atoms with Crippen molar-refractivity contribution in [2.24, 2.45) is 5.92 Å². The lowest BCUT2D eigenvalue weighted by Gasteiger charge is -2.00. The zero-order valence-corrected chi connectivity index (χ0v) is 6.61. The van der Waals surface area contributed by atoms with Crippen molar-refractivity contribution >= 4 is 11.9 Å². The standard InChI is InChI=1S/C6H10N4O2/c1-3(5(11)12)2-4-8-6(7)10-9-4/h3H,2H2,1H3,(H,11,12)(H3,7,8,9,10). The smallest absolute Gasteiger partial charge is 0.306 e. The van der Waals surface area contributed by atoms with Gasteiger partial charge in [0.2, 0.25) is 5.95 Å². The van der Waals surface area contributed by atoms with E-state index in [1.807, 2.05) is 0 Å². The van der Waals surface area contributed by atoms with E-state index in [9.17, 15) is 4.79 Å². The van der Waals surface area contributed by atoms with Crippen molar-refractivity contribution in [3.63, 3.8) is 0 Å². The first-order valence-electron chi connectivity index (χ1n) is 3.49. The van der Waals surface area contributed by atoms with Crippen LogP contribution in [0.1, 0.15) is 12.7 Å². The van der Waals surface area contributed by atoms with Crippen LogP contribution in [-0.4, -0.2) is 26.3 Å². The van der Waals surface area contributed by atoms with E-state index >= 15 is 0 Å². The Morgan fingerprint density at radius 1 is 1.83 bits per heavy atom. The van der Waals surface area contributed by atoms with Gasteiger partial charge in [-0.1, -0.05) is 6.92 Å². The Morgan fingerprint density at radius 3 is 2.92 bits per heavy atom. The Morgan fingerprint density at radius 2 is 2.50 bits per heavy atom. The molecule has 0 amide bonds. The largest absolute Gasteiger partial charge is 0.481 e. The molecule has 1 rings (SSSR count). The van der Waals surface area contributed by atoms with Gasteiger partial charge in [-0.2, -0.15) is 4.98 Å². The summed E-state index contributed by atoms with van der Waals surface area (Å²) in [5.74, 6) is -0.688. The predicted molar refractivity (Wildman–Crippen MR) is 41.3 cm³/mol. The minimum atomic E-state index is -0.857. The molecule has 0 bridgehead atoms. The van der Waals surface area contributed by atoms with Crippen molar-refractivity contribution < 1.29 is 9.90 Å². The molecule has 0 saturated carbocycles. The van der Waals surface area contributed by atoms with Crippen molar-refractivity contribution in [2.45, 2.75) is 13.3 Å². The van der Waals surface area contributed by atoms with Gasteiger partial charge in [-0.3, -0.25) is 9.89 Å². The number of hydrogen-bond acceptors (Lipinski definition) is 4. The fraction of sp³-hybridized carbons (Fsp3) is 0.500. The van der Waals surface area contributed by atoms with E-state index in [1.165, 1.54) is 0 Å². The highest BCUT2D eigenvalue weighted by atomic mass is 16.4. The molecule has 1 unspecified atom stereocenters. The molecule has 0 aliphatic rings. The van der Waals surface area contributed by atoms with Gasteiger partial charge >= 0.3 is 5.97 Å². The van der Waals surface area contributed by atoms with E-state index in [-0.39, 0.29) is 5.95 Å². The van der Waals surface area contributed by atoms with Gasteiger partial charge in [0.15, 0.2) is 0 Å². The normalized spacial score (nSPS) is 12.8. The van der Waals surface area contributed by atoms with Gasteiger partial charge in [0, 0.05) is 6.42 Å². The molecule has 0 aromatic carbocycles. The quantitative estimate of drug-likeness (QED) is 0.575.